The molecule has 14 heavy (non-hydrogen) atoms. The highest BCUT2D eigenvalue weighted by Crippen LogP contribution is 2.09. The molecule has 0 radical (unpaired) electrons. The summed E-state index contributed by atoms with van der Waals surface area (Å²) in [5.74, 6) is 1.42. The number of imidazole rings is 1. The average molecular weight is 308 g/mol. The molecule has 1 aromatic rings. The van der Waals surface area contributed by atoms with Gasteiger partial charge in [0.1, 0.15) is 12.4 Å². The summed E-state index contributed by atoms with van der Waals surface area (Å²) >= 11 is 0. The highest BCUT2D eigenvalue weighted by atomic mass is 127. The van der Waals surface area contributed by atoms with Crippen molar-refractivity contribution in [2.75, 3.05) is 0 Å². The van der Waals surface area contributed by atoms with E-state index in [0.717, 1.165) is 6.42 Å². The number of aromatic nitrogens is 2. The van der Waals surface area contributed by atoms with E-state index < -0.39 is 0 Å². The van der Waals surface area contributed by atoms with E-state index in [1.54, 1.807) is 0 Å². The topological polar surface area (TPSA) is 8.81 Å². The van der Waals surface area contributed by atoms with E-state index in [0.29, 0.717) is 12.1 Å². The van der Waals surface area contributed by atoms with Crippen LogP contribution in [0.15, 0.2) is 12.4 Å². The Bertz CT molecular complexity index is 251. The lowest BCUT2D eigenvalue weighted by Gasteiger charge is -2.07. The van der Waals surface area contributed by atoms with Gasteiger partial charge < -0.3 is 24.0 Å². The molecule has 0 atom stereocenters. The predicted molar refractivity (Wildman–Crippen MR) is 54.8 cm³/mol. The van der Waals surface area contributed by atoms with Crippen LogP contribution in [0.4, 0.5) is 0 Å². The van der Waals surface area contributed by atoms with Gasteiger partial charge in [0.25, 0.3) is 5.82 Å². The third-order valence-corrected chi connectivity index (χ3v) is 2.41. The molecule has 0 fully saturated rings. The minimum Gasteiger partial charge on any atom is -1.00 e. The molecular formula is C11H21IN2. The van der Waals surface area contributed by atoms with Crippen molar-refractivity contribution in [1.29, 1.82) is 0 Å². The van der Waals surface area contributed by atoms with Crippen LogP contribution in [0.1, 0.15) is 52.5 Å². The van der Waals surface area contributed by atoms with E-state index >= 15 is 0 Å². The van der Waals surface area contributed by atoms with Crippen molar-refractivity contribution in [3.8, 4) is 0 Å². The quantitative estimate of drug-likeness (QED) is 0.526. The Hall–Kier alpha value is -0.0600. The van der Waals surface area contributed by atoms with Crippen LogP contribution in [0.3, 0.4) is 0 Å². The highest BCUT2D eigenvalue weighted by Gasteiger charge is 2.18. The van der Waals surface area contributed by atoms with Crippen LogP contribution < -0.4 is 28.5 Å². The summed E-state index contributed by atoms with van der Waals surface area (Å²) in [6, 6.07) is 1.13. The van der Waals surface area contributed by atoms with E-state index in [1.165, 1.54) is 5.82 Å². The van der Waals surface area contributed by atoms with Gasteiger partial charge in [-0.05, 0) is 27.7 Å². The fourth-order valence-corrected chi connectivity index (χ4v) is 1.75. The highest BCUT2D eigenvalue weighted by molar-refractivity contribution is 4.85. The first-order chi connectivity index (χ1) is 6.07. The van der Waals surface area contributed by atoms with Crippen LogP contribution in [0.2, 0.25) is 0 Å². The molecule has 0 spiro atoms. The van der Waals surface area contributed by atoms with Crippen molar-refractivity contribution in [2.45, 2.75) is 53.1 Å². The molecule has 0 aliphatic heterocycles. The summed E-state index contributed by atoms with van der Waals surface area (Å²) in [6.07, 6.45) is 5.47. The average Bonchev–Trinajstić information content (AvgIpc) is 2.46. The number of hydrogen-bond donors (Lipinski definition) is 0. The second-order valence-corrected chi connectivity index (χ2v) is 4.07. The number of halogens is 1. The molecule has 1 heterocycles. The molecule has 0 N–H and O–H groups in total. The maximum atomic E-state index is 2.35. The van der Waals surface area contributed by atoms with E-state index in [1.807, 2.05) is 0 Å². The van der Waals surface area contributed by atoms with Crippen LogP contribution in [-0.2, 0) is 6.42 Å². The van der Waals surface area contributed by atoms with Gasteiger partial charge in [-0.3, -0.25) is 0 Å². The van der Waals surface area contributed by atoms with Gasteiger partial charge in [0.15, 0.2) is 0 Å². The van der Waals surface area contributed by atoms with Gasteiger partial charge in [-0.15, -0.1) is 0 Å². The fraction of sp³-hybridized carbons (Fsp3) is 0.727. The minimum atomic E-state index is 0. The van der Waals surface area contributed by atoms with Crippen molar-refractivity contribution >= 4 is 0 Å². The molecule has 0 saturated heterocycles. The van der Waals surface area contributed by atoms with Crippen molar-refractivity contribution in [3.05, 3.63) is 18.2 Å². The van der Waals surface area contributed by atoms with Crippen LogP contribution in [0.25, 0.3) is 0 Å². The standard InChI is InChI=1S/C11H21N2.HI/c1-6-11-12(9(2)3)7-8-13(11)10(4)5;/h7-10H,6H2,1-5H3;1H/q+1;/p-1. The van der Waals surface area contributed by atoms with Crippen LogP contribution in [-0.4, -0.2) is 4.57 Å². The lowest BCUT2D eigenvalue weighted by Crippen LogP contribution is -3.00. The van der Waals surface area contributed by atoms with Crippen molar-refractivity contribution in [2.24, 2.45) is 0 Å². The van der Waals surface area contributed by atoms with Gasteiger partial charge in [-0.25, -0.2) is 9.13 Å². The van der Waals surface area contributed by atoms with Gasteiger partial charge in [0, 0.05) is 6.42 Å². The van der Waals surface area contributed by atoms with Crippen molar-refractivity contribution < 1.29 is 28.5 Å². The number of nitrogens with zero attached hydrogens (tertiary/aromatic N) is 2. The van der Waals surface area contributed by atoms with E-state index in [-0.39, 0.29) is 24.0 Å². The monoisotopic (exact) mass is 308 g/mol. The van der Waals surface area contributed by atoms with Crippen LogP contribution in [0.5, 0.6) is 0 Å². The first-order valence-corrected chi connectivity index (χ1v) is 5.18. The molecule has 0 aromatic carbocycles. The Morgan fingerprint density at radius 2 is 1.86 bits per heavy atom. The number of hydrogen-bond acceptors (Lipinski definition) is 0. The molecule has 82 valence electrons. The largest absolute Gasteiger partial charge is 1.00 e. The summed E-state index contributed by atoms with van der Waals surface area (Å²) in [6.45, 7) is 11.1. The molecular weight excluding hydrogens is 287 g/mol. The Labute approximate surface area is 104 Å². The second kappa shape index (κ2) is 5.73. The summed E-state index contributed by atoms with van der Waals surface area (Å²) in [5, 5.41) is 0. The molecule has 0 amide bonds. The summed E-state index contributed by atoms with van der Waals surface area (Å²) in [5.41, 5.74) is 0. The molecule has 0 bridgehead atoms. The van der Waals surface area contributed by atoms with Crippen LogP contribution in [0, 0.1) is 0 Å². The van der Waals surface area contributed by atoms with Crippen LogP contribution >= 0.6 is 0 Å². The normalized spacial score (nSPS) is 10.8. The Kier molecular flexibility index (Phi) is 5.71. The first-order valence-electron chi connectivity index (χ1n) is 5.18. The van der Waals surface area contributed by atoms with Crippen molar-refractivity contribution in [1.82, 2.24) is 4.57 Å². The summed E-state index contributed by atoms with van der Waals surface area (Å²) in [4.78, 5) is 0. The molecule has 1 rings (SSSR count). The smallest absolute Gasteiger partial charge is 0.256 e. The van der Waals surface area contributed by atoms with E-state index in [9.17, 15) is 0 Å². The molecule has 3 heteroatoms. The van der Waals surface area contributed by atoms with Gasteiger partial charge in [0.05, 0.1) is 12.1 Å². The van der Waals surface area contributed by atoms with Crippen molar-refractivity contribution in [3.63, 3.8) is 0 Å². The lowest BCUT2D eigenvalue weighted by atomic mass is 10.3. The molecule has 2 nitrogen and oxygen atoms in total. The Balaban J connectivity index is 0.00000169. The zero-order chi connectivity index (χ0) is 10.0. The van der Waals surface area contributed by atoms with Gasteiger partial charge in [-0.1, -0.05) is 6.92 Å². The van der Waals surface area contributed by atoms with Gasteiger partial charge >= 0.3 is 0 Å². The molecule has 0 aliphatic carbocycles. The zero-order valence-electron chi connectivity index (χ0n) is 9.79. The SMILES string of the molecule is CCc1n(C(C)C)cc[n+]1C(C)C.[I-]. The second-order valence-electron chi connectivity index (χ2n) is 4.07. The summed E-state index contributed by atoms with van der Waals surface area (Å²) < 4.78 is 4.69. The van der Waals surface area contributed by atoms with E-state index in [2.05, 4.69) is 56.1 Å². The third-order valence-electron chi connectivity index (χ3n) is 2.41. The lowest BCUT2D eigenvalue weighted by molar-refractivity contribution is -0.722. The summed E-state index contributed by atoms with van der Waals surface area (Å²) in [7, 11) is 0. The van der Waals surface area contributed by atoms with Gasteiger partial charge in [0.2, 0.25) is 0 Å². The first kappa shape index (κ1) is 13.9. The Morgan fingerprint density at radius 1 is 1.29 bits per heavy atom. The maximum absolute atomic E-state index is 2.35. The zero-order valence-corrected chi connectivity index (χ0v) is 11.9. The number of rotatable bonds is 3. The predicted octanol–water partition coefficient (Wildman–Crippen LogP) is -0.496. The fourth-order valence-electron chi connectivity index (χ4n) is 1.75. The maximum Gasteiger partial charge on any atom is 0.256 e. The molecule has 0 saturated carbocycles. The Morgan fingerprint density at radius 3 is 2.21 bits per heavy atom. The molecule has 0 unspecified atom stereocenters. The van der Waals surface area contributed by atoms with E-state index in [4.69, 9.17) is 0 Å². The third kappa shape index (κ3) is 2.72. The molecule has 0 aliphatic rings. The van der Waals surface area contributed by atoms with Gasteiger partial charge in [-0.2, -0.15) is 0 Å². The molecule has 1 aromatic heterocycles. The minimum absolute atomic E-state index is 0.